The van der Waals surface area contributed by atoms with Gasteiger partial charge in [0.05, 0.1) is 53.6 Å². The van der Waals surface area contributed by atoms with Crippen molar-refractivity contribution in [1.29, 1.82) is 0 Å². The molecule has 0 spiro atoms. The first-order valence-corrected chi connectivity index (χ1v) is 8.95. The maximum Gasteiger partial charge on any atom is 0.309 e. The fraction of sp³-hybridized carbons (Fsp3) is 0.632. The maximum absolute atomic E-state index is 11.5. The highest BCUT2D eigenvalue weighted by atomic mass is 16.5. The van der Waals surface area contributed by atoms with Gasteiger partial charge in [0, 0.05) is 12.8 Å². The van der Waals surface area contributed by atoms with E-state index in [1.54, 1.807) is 14.2 Å². The number of carbonyl (C=O) groups excluding carboxylic acids is 1. The van der Waals surface area contributed by atoms with Crippen LogP contribution in [0.3, 0.4) is 0 Å². The molecule has 0 amide bonds. The summed E-state index contributed by atoms with van der Waals surface area (Å²) >= 11 is 0. The van der Waals surface area contributed by atoms with Gasteiger partial charge < -0.3 is 29.0 Å². The number of hydrogen-bond donors (Lipinski definition) is 2. The molecule has 1 heterocycles. The molecule has 2 rings (SSSR count). The lowest BCUT2D eigenvalue weighted by Crippen LogP contribution is -3.14. The lowest BCUT2D eigenvalue weighted by Gasteiger charge is -2.29. The van der Waals surface area contributed by atoms with Gasteiger partial charge >= 0.3 is 5.97 Å². The van der Waals surface area contributed by atoms with Gasteiger partial charge in [-0.25, -0.2) is 0 Å². The number of quaternary nitrogens is 1. The highest BCUT2D eigenvalue weighted by Gasteiger charge is 2.29. The molecular weight excluding hydrogens is 338 g/mol. The van der Waals surface area contributed by atoms with E-state index in [0.717, 1.165) is 31.5 Å². The smallest absolute Gasteiger partial charge is 0.309 e. The van der Waals surface area contributed by atoms with Crippen LogP contribution in [0.2, 0.25) is 0 Å². The molecule has 2 N–H and O–H groups in total. The first kappa shape index (κ1) is 20.5. The van der Waals surface area contributed by atoms with Crippen LogP contribution in [0.4, 0.5) is 0 Å². The van der Waals surface area contributed by atoms with E-state index < -0.39 is 6.10 Å². The lowest BCUT2D eigenvalue weighted by molar-refractivity contribution is -0.908. The number of aliphatic hydroxyl groups is 1. The van der Waals surface area contributed by atoms with Gasteiger partial charge in [0.2, 0.25) is 0 Å². The molecule has 1 aromatic rings. The Morgan fingerprint density at radius 3 is 2.50 bits per heavy atom. The third-order valence-electron chi connectivity index (χ3n) is 4.78. The van der Waals surface area contributed by atoms with Gasteiger partial charge in [-0.3, -0.25) is 4.79 Å². The minimum absolute atomic E-state index is 0.00203. The van der Waals surface area contributed by atoms with Gasteiger partial charge in [0.1, 0.15) is 12.6 Å². The summed E-state index contributed by atoms with van der Waals surface area (Å²) in [6.07, 6.45) is 1.09. The average molecular weight is 368 g/mol. The van der Waals surface area contributed by atoms with Crippen molar-refractivity contribution in [2.45, 2.75) is 25.6 Å². The third kappa shape index (κ3) is 5.86. The van der Waals surface area contributed by atoms with Crippen LogP contribution in [0.25, 0.3) is 0 Å². The quantitative estimate of drug-likeness (QED) is 0.600. The van der Waals surface area contributed by atoms with Gasteiger partial charge in [-0.2, -0.15) is 0 Å². The molecular formula is C19H30NO6+. The Hall–Kier alpha value is -1.83. The van der Waals surface area contributed by atoms with Crippen molar-refractivity contribution in [3.63, 3.8) is 0 Å². The Morgan fingerprint density at radius 1 is 1.19 bits per heavy atom. The monoisotopic (exact) mass is 368 g/mol. The Bertz CT molecular complexity index is 571. The maximum atomic E-state index is 11.5. The Kier molecular flexibility index (Phi) is 8.15. The zero-order valence-corrected chi connectivity index (χ0v) is 15.8. The molecule has 0 aromatic heterocycles. The predicted octanol–water partition coefficient (Wildman–Crippen LogP) is 0.0492. The van der Waals surface area contributed by atoms with E-state index in [1.807, 2.05) is 18.2 Å². The van der Waals surface area contributed by atoms with E-state index >= 15 is 0 Å². The molecule has 0 bridgehead atoms. The summed E-state index contributed by atoms with van der Waals surface area (Å²) in [6, 6.07) is 5.62. The molecule has 1 aliphatic rings. The number of piperidine rings is 1. The standard InChI is InChI=1S/C19H29NO6/c1-23-17-5-4-14(10-18(17)24-2)12-26-13-16(21)11-20-8-6-15(7-9-20)19(22)25-3/h4-5,10,15-16,21H,6-9,11-13H2,1-3H3/p+1/t16-/m0/s1. The Morgan fingerprint density at radius 2 is 1.88 bits per heavy atom. The van der Waals surface area contributed by atoms with Crippen molar-refractivity contribution in [2.75, 3.05) is 47.6 Å². The van der Waals surface area contributed by atoms with Gasteiger partial charge in [0.15, 0.2) is 11.5 Å². The van der Waals surface area contributed by atoms with Crippen molar-refractivity contribution in [2.24, 2.45) is 5.92 Å². The van der Waals surface area contributed by atoms with E-state index in [0.29, 0.717) is 24.7 Å². The molecule has 7 heteroatoms. The zero-order chi connectivity index (χ0) is 18.9. The number of likely N-dealkylation sites (tertiary alicyclic amines) is 1. The van der Waals surface area contributed by atoms with Crippen molar-refractivity contribution in [3.8, 4) is 11.5 Å². The number of methoxy groups -OCH3 is 3. The Balaban J connectivity index is 1.69. The summed E-state index contributed by atoms with van der Waals surface area (Å²) in [5.74, 6) is 1.22. The fourth-order valence-electron chi connectivity index (χ4n) is 3.31. The molecule has 1 aliphatic heterocycles. The number of nitrogens with one attached hydrogen (secondary N) is 1. The number of aliphatic hydroxyl groups excluding tert-OH is 1. The van der Waals surface area contributed by atoms with Crippen LogP contribution in [0.5, 0.6) is 11.5 Å². The molecule has 7 nitrogen and oxygen atoms in total. The van der Waals surface area contributed by atoms with Crippen LogP contribution in [-0.2, 0) is 20.9 Å². The normalized spacial score (nSPS) is 21.1. The minimum atomic E-state index is -0.528. The van der Waals surface area contributed by atoms with E-state index in [2.05, 4.69) is 0 Å². The van der Waals surface area contributed by atoms with Gasteiger partial charge in [-0.15, -0.1) is 0 Å². The molecule has 26 heavy (non-hydrogen) atoms. The summed E-state index contributed by atoms with van der Waals surface area (Å²) in [4.78, 5) is 12.8. The van der Waals surface area contributed by atoms with Gasteiger partial charge in [-0.05, 0) is 17.7 Å². The summed E-state index contributed by atoms with van der Waals surface area (Å²) in [6.45, 7) is 3.04. The van der Waals surface area contributed by atoms with Crippen LogP contribution in [-0.4, -0.2) is 64.8 Å². The number of hydrogen-bond acceptors (Lipinski definition) is 6. The average Bonchev–Trinajstić information content (AvgIpc) is 2.67. The van der Waals surface area contributed by atoms with E-state index in [1.165, 1.54) is 12.0 Å². The first-order chi connectivity index (χ1) is 12.6. The van der Waals surface area contributed by atoms with Crippen molar-refractivity contribution in [3.05, 3.63) is 23.8 Å². The lowest BCUT2D eigenvalue weighted by atomic mass is 9.97. The molecule has 1 aromatic carbocycles. The number of benzene rings is 1. The molecule has 146 valence electrons. The fourth-order valence-corrected chi connectivity index (χ4v) is 3.31. The summed E-state index contributed by atoms with van der Waals surface area (Å²) in [5.41, 5.74) is 0.959. The molecule has 0 saturated carbocycles. The van der Waals surface area contributed by atoms with Crippen molar-refractivity contribution < 1.29 is 33.7 Å². The van der Waals surface area contributed by atoms with E-state index in [9.17, 15) is 9.90 Å². The third-order valence-corrected chi connectivity index (χ3v) is 4.78. The molecule has 1 saturated heterocycles. The zero-order valence-electron chi connectivity index (χ0n) is 15.8. The number of ether oxygens (including phenoxy) is 4. The molecule has 0 aliphatic carbocycles. The van der Waals surface area contributed by atoms with Crippen LogP contribution in [0, 0.1) is 5.92 Å². The number of esters is 1. The first-order valence-electron chi connectivity index (χ1n) is 8.95. The SMILES string of the molecule is COC(=O)C1CC[NH+](C[C@H](O)COCc2ccc(OC)c(OC)c2)CC1. The number of carbonyl (C=O) groups is 1. The number of rotatable bonds is 9. The topological polar surface area (TPSA) is 78.7 Å². The van der Waals surface area contributed by atoms with Gasteiger partial charge in [0.25, 0.3) is 0 Å². The summed E-state index contributed by atoms with van der Waals surface area (Å²) in [5, 5.41) is 10.2. The highest BCUT2D eigenvalue weighted by Crippen LogP contribution is 2.27. The largest absolute Gasteiger partial charge is 0.493 e. The van der Waals surface area contributed by atoms with E-state index in [-0.39, 0.29) is 18.5 Å². The van der Waals surface area contributed by atoms with Crippen LogP contribution in [0.15, 0.2) is 18.2 Å². The Labute approximate surface area is 154 Å². The molecule has 0 unspecified atom stereocenters. The van der Waals surface area contributed by atoms with Crippen LogP contribution >= 0.6 is 0 Å². The van der Waals surface area contributed by atoms with Crippen molar-refractivity contribution in [1.82, 2.24) is 0 Å². The molecule has 1 fully saturated rings. The molecule has 0 radical (unpaired) electrons. The summed E-state index contributed by atoms with van der Waals surface area (Å²) in [7, 11) is 4.63. The second-order valence-corrected chi connectivity index (χ2v) is 6.61. The summed E-state index contributed by atoms with van der Waals surface area (Å²) < 4.78 is 20.9. The van der Waals surface area contributed by atoms with Crippen molar-refractivity contribution >= 4 is 5.97 Å². The second-order valence-electron chi connectivity index (χ2n) is 6.61. The predicted molar refractivity (Wildman–Crippen MR) is 95.5 cm³/mol. The second kappa shape index (κ2) is 10.4. The van der Waals surface area contributed by atoms with E-state index in [4.69, 9.17) is 18.9 Å². The highest BCUT2D eigenvalue weighted by molar-refractivity contribution is 5.72. The van der Waals surface area contributed by atoms with Crippen LogP contribution < -0.4 is 14.4 Å². The van der Waals surface area contributed by atoms with Gasteiger partial charge in [-0.1, -0.05) is 6.07 Å². The van der Waals surface area contributed by atoms with Crippen LogP contribution in [0.1, 0.15) is 18.4 Å². The molecule has 1 atom stereocenters. The minimum Gasteiger partial charge on any atom is -0.493 e.